The monoisotopic (exact) mass is 247 g/mol. The average Bonchev–Trinajstić information content (AvgIpc) is 2.83. The summed E-state index contributed by atoms with van der Waals surface area (Å²) in [4.78, 5) is 11.6. The van der Waals surface area contributed by atoms with Crippen LogP contribution in [0, 0.1) is 13.8 Å². The molecule has 3 heteroatoms. The standard InChI is InChI=1S/C15H21NO2/c1-11-7-8-13(9-12(11)2)10-18-15(17)16-14-5-3-4-6-14/h7-9,14H,3-6,10H2,1-2H3,(H,16,17). The highest BCUT2D eigenvalue weighted by atomic mass is 16.5. The molecule has 0 heterocycles. The largest absolute Gasteiger partial charge is 0.445 e. The average molecular weight is 247 g/mol. The van der Waals surface area contributed by atoms with E-state index in [1.54, 1.807) is 0 Å². The number of ether oxygens (including phenoxy) is 1. The number of aryl methyl sites for hydroxylation is 2. The quantitative estimate of drug-likeness (QED) is 0.888. The molecule has 0 bridgehead atoms. The molecular weight excluding hydrogens is 226 g/mol. The van der Waals surface area contributed by atoms with Gasteiger partial charge in [-0.1, -0.05) is 31.0 Å². The zero-order valence-corrected chi connectivity index (χ0v) is 11.2. The van der Waals surface area contributed by atoms with E-state index >= 15 is 0 Å². The second-order valence-corrected chi connectivity index (χ2v) is 5.12. The van der Waals surface area contributed by atoms with E-state index in [4.69, 9.17) is 4.74 Å². The Morgan fingerprint density at radius 1 is 1.28 bits per heavy atom. The lowest BCUT2D eigenvalue weighted by Gasteiger charge is -2.12. The van der Waals surface area contributed by atoms with Crippen LogP contribution >= 0.6 is 0 Å². The number of carbonyl (C=O) groups is 1. The Bertz CT molecular complexity index is 423. The van der Waals surface area contributed by atoms with Gasteiger partial charge in [0.15, 0.2) is 0 Å². The minimum atomic E-state index is -0.292. The van der Waals surface area contributed by atoms with Crippen molar-refractivity contribution in [3.8, 4) is 0 Å². The van der Waals surface area contributed by atoms with Crippen molar-refractivity contribution in [2.24, 2.45) is 0 Å². The molecule has 0 spiro atoms. The number of benzene rings is 1. The number of hydrogen-bond donors (Lipinski definition) is 1. The third kappa shape index (κ3) is 3.49. The maximum Gasteiger partial charge on any atom is 0.407 e. The van der Waals surface area contributed by atoms with Gasteiger partial charge in [-0.2, -0.15) is 0 Å². The van der Waals surface area contributed by atoms with Gasteiger partial charge in [0.05, 0.1) is 0 Å². The van der Waals surface area contributed by atoms with Crippen molar-refractivity contribution in [3.63, 3.8) is 0 Å². The molecule has 1 N–H and O–H groups in total. The first-order valence-electron chi connectivity index (χ1n) is 6.64. The molecule has 1 saturated carbocycles. The molecule has 1 aromatic rings. The number of hydrogen-bond acceptors (Lipinski definition) is 2. The third-order valence-corrected chi connectivity index (χ3v) is 3.62. The van der Waals surface area contributed by atoms with Gasteiger partial charge < -0.3 is 10.1 Å². The fourth-order valence-electron chi connectivity index (χ4n) is 2.32. The summed E-state index contributed by atoms with van der Waals surface area (Å²) >= 11 is 0. The lowest BCUT2D eigenvalue weighted by Crippen LogP contribution is -2.32. The van der Waals surface area contributed by atoms with E-state index in [1.807, 2.05) is 6.07 Å². The Balaban J connectivity index is 1.79. The molecule has 0 radical (unpaired) electrons. The Labute approximate surface area is 109 Å². The fraction of sp³-hybridized carbons (Fsp3) is 0.533. The van der Waals surface area contributed by atoms with E-state index in [9.17, 15) is 4.79 Å². The lowest BCUT2D eigenvalue weighted by atomic mass is 10.1. The van der Waals surface area contributed by atoms with Crippen LogP contribution in [0.5, 0.6) is 0 Å². The summed E-state index contributed by atoms with van der Waals surface area (Å²) in [6.45, 7) is 4.49. The van der Waals surface area contributed by atoms with Crippen molar-refractivity contribution in [1.82, 2.24) is 5.32 Å². The van der Waals surface area contributed by atoms with E-state index in [0.717, 1.165) is 18.4 Å². The van der Waals surface area contributed by atoms with Crippen molar-refractivity contribution >= 4 is 6.09 Å². The zero-order chi connectivity index (χ0) is 13.0. The lowest BCUT2D eigenvalue weighted by molar-refractivity contribution is 0.136. The van der Waals surface area contributed by atoms with Crippen LogP contribution in [0.25, 0.3) is 0 Å². The Morgan fingerprint density at radius 3 is 2.67 bits per heavy atom. The topological polar surface area (TPSA) is 38.3 Å². The summed E-state index contributed by atoms with van der Waals surface area (Å²) in [5, 5.41) is 2.91. The van der Waals surface area contributed by atoms with E-state index in [2.05, 4.69) is 31.3 Å². The number of rotatable bonds is 3. The van der Waals surface area contributed by atoms with Crippen LogP contribution in [0.2, 0.25) is 0 Å². The van der Waals surface area contributed by atoms with Crippen molar-refractivity contribution in [3.05, 3.63) is 34.9 Å². The highest BCUT2D eigenvalue weighted by molar-refractivity contribution is 5.67. The summed E-state index contributed by atoms with van der Waals surface area (Å²) in [5.74, 6) is 0. The number of carbonyl (C=O) groups excluding carboxylic acids is 1. The predicted octanol–water partition coefficient (Wildman–Crippen LogP) is 3.47. The molecule has 1 amide bonds. The molecule has 1 fully saturated rings. The molecule has 0 atom stereocenters. The second kappa shape index (κ2) is 5.89. The molecular formula is C15H21NO2. The maximum atomic E-state index is 11.6. The van der Waals surface area contributed by atoms with Gasteiger partial charge in [-0.05, 0) is 43.4 Å². The van der Waals surface area contributed by atoms with E-state index in [-0.39, 0.29) is 6.09 Å². The van der Waals surface area contributed by atoms with Crippen LogP contribution < -0.4 is 5.32 Å². The molecule has 0 aliphatic heterocycles. The van der Waals surface area contributed by atoms with Gasteiger partial charge in [0.1, 0.15) is 6.61 Å². The highest BCUT2D eigenvalue weighted by Crippen LogP contribution is 2.17. The molecule has 98 valence electrons. The molecule has 1 aliphatic carbocycles. The van der Waals surface area contributed by atoms with E-state index < -0.39 is 0 Å². The smallest absolute Gasteiger partial charge is 0.407 e. The summed E-state index contributed by atoms with van der Waals surface area (Å²) in [7, 11) is 0. The van der Waals surface area contributed by atoms with Crippen molar-refractivity contribution in [2.45, 2.75) is 52.2 Å². The van der Waals surface area contributed by atoms with Gasteiger partial charge in [0.25, 0.3) is 0 Å². The van der Waals surface area contributed by atoms with Gasteiger partial charge in [0.2, 0.25) is 0 Å². The van der Waals surface area contributed by atoms with Gasteiger partial charge in [-0.25, -0.2) is 4.79 Å². The highest BCUT2D eigenvalue weighted by Gasteiger charge is 2.17. The van der Waals surface area contributed by atoms with Gasteiger partial charge in [-0.3, -0.25) is 0 Å². The van der Waals surface area contributed by atoms with Gasteiger partial charge in [0, 0.05) is 6.04 Å². The maximum absolute atomic E-state index is 11.6. The van der Waals surface area contributed by atoms with Crippen LogP contribution in [0.4, 0.5) is 4.79 Å². The van der Waals surface area contributed by atoms with Crippen molar-refractivity contribution in [1.29, 1.82) is 0 Å². The summed E-state index contributed by atoms with van der Waals surface area (Å²) in [6, 6.07) is 6.45. The minimum absolute atomic E-state index is 0.292. The summed E-state index contributed by atoms with van der Waals surface area (Å²) < 4.78 is 5.23. The first kappa shape index (κ1) is 12.9. The van der Waals surface area contributed by atoms with E-state index in [0.29, 0.717) is 12.6 Å². The van der Waals surface area contributed by atoms with Crippen LogP contribution in [-0.4, -0.2) is 12.1 Å². The Hall–Kier alpha value is -1.51. The Kier molecular flexibility index (Phi) is 4.24. The SMILES string of the molecule is Cc1ccc(COC(=O)NC2CCCC2)cc1C. The third-order valence-electron chi connectivity index (χ3n) is 3.62. The molecule has 2 rings (SSSR count). The Morgan fingerprint density at radius 2 is 2.00 bits per heavy atom. The van der Waals surface area contributed by atoms with Gasteiger partial charge in [-0.15, -0.1) is 0 Å². The fourth-order valence-corrected chi connectivity index (χ4v) is 2.32. The van der Waals surface area contributed by atoms with E-state index in [1.165, 1.54) is 24.0 Å². The normalized spacial score (nSPS) is 15.7. The first-order chi connectivity index (χ1) is 8.65. The summed E-state index contributed by atoms with van der Waals surface area (Å²) in [6.07, 6.45) is 4.29. The molecule has 3 nitrogen and oxygen atoms in total. The molecule has 1 aromatic carbocycles. The molecule has 0 aromatic heterocycles. The van der Waals surface area contributed by atoms with Crippen LogP contribution in [-0.2, 0) is 11.3 Å². The number of nitrogens with one attached hydrogen (secondary N) is 1. The first-order valence-corrected chi connectivity index (χ1v) is 6.64. The van der Waals surface area contributed by atoms with Crippen LogP contribution in [0.1, 0.15) is 42.4 Å². The zero-order valence-electron chi connectivity index (χ0n) is 11.2. The van der Waals surface area contributed by atoms with Crippen molar-refractivity contribution < 1.29 is 9.53 Å². The van der Waals surface area contributed by atoms with Crippen molar-refractivity contribution in [2.75, 3.05) is 0 Å². The van der Waals surface area contributed by atoms with Crippen LogP contribution in [0.15, 0.2) is 18.2 Å². The van der Waals surface area contributed by atoms with Crippen LogP contribution in [0.3, 0.4) is 0 Å². The molecule has 18 heavy (non-hydrogen) atoms. The molecule has 1 aliphatic rings. The minimum Gasteiger partial charge on any atom is -0.445 e. The number of amides is 1. The molecule has 0 unspecified atom stereocenters. The van der Waals surface area contributed by atoms with Gasteiger partial charge >= 0.3 is 6.09 Å². The summed E-state index contributed by atoms with van der Waals surface area (Å²) in [5.41, 5.74) is 3.53. The second-order valence-electron chi connectivity index (χ2n) is 5.12. The predicted molar refractivity (Wildman–Crippen MR) is 71.5 cm³/mol. The molecule has 0 saturated heterocycles. The number of alkyl carbamates (subject to hydrolysis) is 1.